The van der Waals surface area contributed by atoms with E-state index >= 15 is 0 Å². The van der Waals surface area contributed by atoms with Gasteiger partial charge < -0.3 is 10.2 Å². The molecule has 0 radical (unpaired) electrons. The van der Waals surface area contributed by atoms with Crippen LogP contribution in [0.15, 0.2) is 48.8 Å². The summed E-state index contributed by atoms with van der Waals surface area (Å²) in [5.41, 5.74) is 3.21. The number of hydrogen-bond donors (Lipinski definition) is 1. The number of hydrogen-bond acceptors (Lipinski definition) is 6. The quantitative estimate of drug-likeness (QED) is 0.798. The van der Waals surface area contributed by atoms with Crippen LogP contribution in [0.3, 0.4) is 0 Å². The van der Waals surface area contributed by atoms with Crippen LogP contribution in [0.1, 0.15) is 18.2 Å². The molecule has 1 aliphatic rings. The van der Waals surface area contributed by atoms with Crippen molar-refractivity contribution in [3.05, 3.63) is 60.0 Å². The maximum atomic E-state index is 4.73. The second-order valence-electron chi connectivity index (χ2n) is 5.66. The average Bonchev–Trinajstić information content (AvgIpc) is 3.06. The number of nitrogens with one attached hydrogen (secondary N) is 1. The molecule has 0 unspecified atom stereocenters. The first kappa shape index (κ1) is 14.6. The maximum absolute atomic E-state index is 4.73. The Bertz CT molecular complexity index is 849. The first-order chi connectivity index (χ1) is 11.8. The van der Waals surface area contributed by atoms with Gasteiger partial charge in [-0.2, -0.15) is 4.98 Å². The van der Waals surface area contributed by atoms with Crippen LogP contribution >= 0.6 is 0 Å². The highest BCUT2D eigenvalue weighted by molar-refractivity contribution is 5.55. The summed E-state index contributed by atoms with van der Waals surface area (Å²) in [7, 11) is 0. The number of nitrogens with zero attached hydrogens (tertiary/aromatic N) is 5. The van der Waals surface area contributed by atoms with Gasteiger partial charge >= 0.3 is 0 Å². The van der Waals surface area contributed by atoms with E-state index in [1.54, 1.807) is 6.20 Å². The highest BCUT2D eigenvalue weighted by Crippen LogP contribution is 2.26. The Hall–Kier alpha value is -3.02. The minimum absolute atomic E-state index is 0.702. The molecule has 4 rings (SSSR count). The van der Waals surface area contributed by atoms with Gasteiger partial charge in [-0.05, 0) is 13.0 Å². The van der Waals surface area contributed by atoms with Gasteiger partial charge in [0.05, 0.1) is 12.2 Å². The summed E-state index contributed by atoms with van der Waals surface area (Å²) < 4.78 is 0. The Morgan fingerprint density at radius 1 is 1.04 bits per heavy atom. The lowest BCUT2D eigenvalue weighted by molar-refractivity contribution is 0.821. The molecule has 1 N–H and O–H groups in total. The third-order valence-electron chi connectivity index (χ3n) is 3.97. The highest BCUT2D eigenvalue weighted by atomic mass is 15.3. The van der Waals surface area contributed by atoms with Crippen LogP contribution in [0, 0.1) is 0 Å². The van der Waals surface area contributed by atoms with Crippen molar-refractivity contribution in [2.45, 2.75) is 20.0 Å². The topological polar surface area (TPSA) is 66.8 Å². The fourth-order valence-electron chi connectivity index (χ4n) is 2.80. The van der Waals surface area contributed by atoms with Crippen molar-refractivity contribution >= 4 is 11.8 Å². The van der Waals surface area contributed by atoms with Crippen LogP contribution in [0.2, 0.25) is 0 Å². The van der Waals surface area contributed by atoms with Crippen molar-refractivity contribution in [2.75, 3.05) is 16.8 Å². The van der Waals surface area contributed by atoms with Crippen molar-refractivity contribution in [3.63, 3.8) is 0 Å². The predicted molar refractivity (Wildman–Crippen MR) is 93.6 cm³/mol. The third-order valence-corrected chi connectivity index (χ3v) is 3.97. The van der Waals surface area contributed by atoms with Crippen LogP contribution < -0.4 is 10.2 Å². The average molecular weight is 318 g/mol. The number of benzene rings is 1. The first-order valence-corrected chi connectivity index (χ1v) is 8.05. The van der Waals surface area contributed by atoms with Crippen molar-refractivity contribution in [2.24, 2.45) is 0 Å². The number of fused-ring (bicyclic) bond motifs is 1. The zero-order chi connectivity index (χ0) is 16.4. The van der Waals surface area contributed by atoms with Gasteiger partial charge in [0.1, 0.15) is 5.82 Å². The second-order valence-corrected chi connectivity index (χ2v) is 5.66. The number of anilines is 2. The van der Waals surface area contributed by atoms with E-state index < -0.39 is 0 Å². The van der Waals surface area contributed by atoms with E-state index in [2.05, 4.69) is 25.2 Å². The van der Waals surface area contributed by atoms with Crippen molar-refractivity contribution in [1.82, 2.24) is 19.9 Å². The molecule has 24 heavy (non-hydrogen) atoms. The zero-order valence-electron chi connectivity index (χ0n) is 13.5. The van der Waals surface area contributed by atoms with Crippen molar-refractivity contribution in [3.8, 4) is 11.4 Å². The second kappa shape index (κ2) is 6.23. The molecule has 120 valence electrons. The fourth-order valence-corrected chi connectivity index (χ4v) is 2.80. The van der Waals surface area contributed by atoms with Gasteiger partial charge in [0, 0.05) is 36.6 Å². The van der Waals surface area contributed by atoms with E-state index in [4.69, 9.17) is 4.98 Å². The van der Waals surface area contributed by atoms with Gasteiger partial charge in [0.2, 0.25) is 5.95 Å². The minimum atomic E-state index is 0.702. The Morgan fingerprint density at radius 3 is 2.75 bits per heavy atom. The molecule has 3 aromatic rings. The molecule has 0 atom stereocenters. The monoisotopic (exact) mass is 318 g/mol. The molecule has 6 nitrogen and oxygen atoms in total. The Kier molecular flexibility index (Phi) is 3.78. The summed E-state index contributed by atoms with van der Waals surface area (Å²) in [6.07, 6.45) is 3.70. The smallest absolute Gasteiger partial charge is 0.227 e. The molecule has 6 heteroatoms. The number of aromatic nitrogens is 4. The number of rotatable bonds is 4. The Balaban J connectivity index is 1.59. The molecule has 2 aromatic heterocycles. The lowest BCUT2D eigenvalue weighted by atomic mass is 10.2. The summed E-state index contributed by atoms with van der Waals surface area (Å²) in [4.78, 5) is 20.3. The molecule has 0 saturated carbocycles. The zero-order valence-corrected chi connectivity index (χ0v) is 13.5. The van der Waals surface area contributed by atoms with Gasteiger partial charge in [-0.25, -0.2) is 15.0 Å². The van der Waals surface area contributed by atoms with Gasteiger partial charge in [0.15, 0.2) is 5.82 Å². The highest BCUT2D eigenvalue weighted by Gasteiger charge is 2.23. The normalized spacial score (nSPS) is 13.0. The standard InChI is InChI=1S/C18H18N6/c1-2-19-16-8-9-20-18(23-16)24-11-14-10-21-17(22-15(14)12-24)13-6-4-3-5-7-13/h3-10H,2,11-12H2,1H3,(H,19,20,23). The summed E-state index contributed by atoms with van der Waals surface area (Å²) >= 11 is 0. The molecule has 0 spiro atoms. The lowest BCUT2D eigenvalue weighted by Crippen LogP contribution is -2.18. The van der Waals surface area contributed by atoms with E-state index in [-0.39, 0.29) is 0 Å². The molecule has 0 saturated heterocycles. The summed E-state index contributed by atoms with van der Waals surface area (Å²) in [5.74, 6) is 2.32. The molecule has 0 fully saturated rings. The molecule has 3 heterocycles. The largest absolute Gasteiger partial charge is 0.370 e. The predicted octanol–water partition coefficient (Wildman–Crippen LogP) is 2.89. The molecular formula is C18H18N6. The van der Waals surface area contributed by atoms with Crippen molar-refractivity contribution < 1.29 is 0 Å². The van der Waals surface area contributed by atoms with Crippen LogP contribution in [-0.2, 0) is 13.1 Å². The summed E-state index contributed by atoms with van der Waals surface area (Å²) in [6.45, 7) is 4.32. The van der Waals surface area contributed by atoms with E-state index in [0.717, 1.165) is 41.6 Å². The molecule has 0 aliphatic carbocycles. The van der Waals surface area contributed by atoms with Crippen LogP contribution in [0.5, 0.6) is 0 Å². The Labute approximate surface area is 140 Å². The summed E-state index contributed by atoms with van der Waals surface area (Å²) in [6, 6.07) is 11.9. The van der Waals surface area contributed by atoms with E-state index in [1.165, 1.54) is 0 Å². The van der Waals surface area contributed by atoms with Crippen molar-refractivity contribution in [1.29, 1.82) is 0 Å². The van der Waals surface area contributed by atoms with Gasteiger partial charge in [-0.15, -0.1) is 0 Å². The van der Waals surface area contributed by atoms with Crippen LogP contribution in [-0.4, -0.2) is 26.5 Å². The summed E-state index contributed by atoms with van der Waals surface area (Å²) in [5, 5.41) is 3.22. The molecular weight excluding hydrogens is 300 g/mol. The minimum Gasteiger partial charge on any atom is -0.370 e. The third kappa shape index (κ3) is 2.78. The van der Waals surface area contributed by atoms with E-state index in [1.807, 2.05) is 49.5 Å². The van der Waals surface area contributed by atoms with Gasteiger partial charge in [-0.3, -0.25) is 0 Å². The van der Waals surface area contributed by atoms with Crippen LogP contribution in [0.25, 0.3) is 11.4 Å². The lowest BCUT2D eigenvalue weighted by Gasteiger charge is -2.15. The van der Waals surface area contributed by atoms with E-state index in [0.29, 0.717) is 12.5 Å². The van der Waals surface area contributed by atoms with Gasteiger partial charge in [-0.1, -0.05) is 30.3 Å². The Morgan fingerprint density at radius 2 is 1.92 bits per heavy atom. The van der Waals surface area contributed by atoms with Gasteiger partial charge in [0.25, 0.3) is 0 Å². The van der Waals surface area contributed by atoms with E-state index in [9.17, 15) is 0 Å². The molecule has 0 amide bonds. The molecule has 1 aromatic carbocycles. The fraction of sp³-hybridized carbons (Fsp3) is 0.222. The first-order valence-electron chi connectivity index (χ1n) is 8.05. The van der Waals surface area contributed by atoms with Crippen LogP contribution in [0.4, 0.5) is 11.8 Å². The molecule has 0 bridgehead atoms. The molecule has 1 aliphatic heterocycles. The maximum Gasteiger partial charge on any atom is 0.227 e. The SMILES string of the molecule is CCNc1ccnc(N2Cc3cnc(-c4ccccc4)nc3C2)n1.